The summed E-state index contributed by atoms with van der Waals surface area (Å²) >= 11 is 0. The van der Waals surface area contributed by atoms with Crippen LogP contribution in [0.3, 0.4) is 0 Å². The number of hydrogen-bond donors (Lipinski definition) is 1. The molecule has 1 atom stereocenters. The third-order valence-corrected chi connectivity index (χ3v) is 4.57. The van der Waals surface area contributed by atoms with Gasteiger partial charge in [0.2, 0.25) is 5.91 Å². The van der Waals surface area contributed by atoms with Gasteiger partial charge in [-0.25, -0.2) is 0 Å². The highest BCUT2D eigenvalue weighted by Crippen LogP contribution is 2.21. The van der Waals surface area contributed by atoms with Crippen molar-refractivity contribution in [2.24, 2.45) is 5.92 Å². The minimum atomic E-state index is -0.0810. The molecule has 1 saturated heterocycles. The zero-order valence-corrected chi connectivity index (χ0v) is 15.7. The summed E-state index contributed by atoms with van der Waals surface area (Å²) in [7, 11) is 1.64. The Morgan fingerprint density at radius 2 is 2.08 bits per heavy atom. The molecule has 1 fully saturated rings. The standard InChI is InChI=1S/C20H30N2O3/c1-15(2)18(22-9-11-25-12-10-22)14-21-20(23)8-6-17-13-16(3)5-7-19(17)24-4/h5-8,13,15,18H,9-12,14H2,1-4H3,(H,21,23). The van der Waals surface area contributed by atoms with Crippen molar-refractivity contribution in [2.45, 2.75) is 26.8 Å². The predicted octanol–water partition coefficient (Wildman–Crippen LogP) is 2.49. The van der Waals surface area contributed by atoms with Crippen LogP contribution < -0.4 is 10.1 Å². The highest BCUT2D eigenvalue weighted by atomic mass is 16.5. The number of aryl methyl sites for hydroxylation is 1. The molecule has 25 heavy (non-hydrogen) atoms. The van der Waals surface area contributed by atoms with E-state index in [-0.39, 0.29) is 5.91 Å². The van der Waals surface area contributed by atoms with Gasteiger partial charge in [0.05, 0.1) is 20.3 Å². The number of nitrogens with one attached hydrogen (secondary N) is 1. The zero-order valence-electron chi connectivity index (χ0n) is 15.7. The fourth-order valence-corrected chi connectivity index (χ4v) is 3.11. The highest BCUT2D eigenvalue weighted by molar-refractivity contribution is 5.92. The van der Waals surface area contributed by atoms with E-state index in [9.17, 15) is 4.79 Å². The van der Waals surface area contributed by atoms with Crippen LogP contribution in [0.5, 0.6) is 5.75 Å². The van der Waals surface area contributed by atoms with E-state index >= 15 is 0 Å². The van der Waals surface area contributed by atoms with Gasteiger partial charge in [-0.1, -0.05) is 25.5 Å². The molecule has 0 spiro atoms. The Morgan fingerprint density at radius 3 is 2.72 bits per heavy atom. The van der Waals surface area contributed by atoms with Gasteiger partial charge >= 0.3 is 0 Å². The Morgan fingerprint density at radius 1 is 1.36 bits per heavy atom. The second-order valence-electron chi connectivity index (χ2n) is 6.78. The quantitative estimate of drug-likeness (QED) is 0.771. The molecule has 1 aromatic rings. The summed E-state index contributed by atoms with van der Waals surface area (Å²) in [6, 6.07) is 6.24. The molecular weight excluding hydrogens is 316 g/mol. The van der Waals surface area contributed by atoms with Gasteiger partial charge in [0.1, 0.15) is 5.75 Å². The number of nitrogens with zero attached hydrogens (tertiary/aromatic N) is 1. The fourth-order valence-electron chi connectivity index (χ4n) is 3.11. The van der Waals surface area contributed by atoms with Crippen LogP contribution in [0.15, 0.2) is 24.3 Å². The lowest BCUT2D eigenvalue weighted by molar-refractivity contribution is -0.116. The van der Waals surface area contributed by atoms with Crippen molar-refractivity contribution in [1.29, 1.82) is 0 Å². The van der Waals surface area contributed by atoms with Gasteiger partial charge in [-0.3, -0.25) is 9.69 Å². The summed E-state index contributed by atoms with van der Waals surface area (Å²) in [4.78, 5) is 14.6. The minimum Gasteiger partial charge on any atom is -0.496 e. The summed E-state index contributed by atoms with van der Waals surface area (Å²) in [6.07, 6.45) is 3.38. The SMILES string of the molecule is COc1ccc(C)cc1C=CC(=O)NCC(C(C)C)N1CCOCC1. The first kappa shape index (κ1) is 19.5. The maximum Gasteiger partial charge on any atom is 0.244 e. The topological polar surface area (TPSA) is 50.8 Å². The Bertz CT molecular complexity index is 593. The van der Waals surface area contributed by atoms with Crippen LogP contribution in [-0.2, 0) is 9.53 Å². The molecular formula is C20H30N2O3. The van der Waals surface area contributed by atoms with Gasteiger partial charge in [-0.2, -0.15) is 0 Å². The molecule has 5 heteroatoms. The average molecular weight is 346 g/mol. The largest absolute Gasteiger partial charge is 0.496 e. The van der Waals surface area contributed by atoms with E-state index < -0.39 is 0 Å². The Kier molecular flexibility index (Phi) is 7.47. The second-order valence-corrected chi connectivity index (χ2v) is 6.78. The first-order valence-corrected chi connectivity index (χ1v) is 8.93. The van der Waals surface area contributed by atoms with Crippen LogP contribution >= 0.6 is 0 Å². The van der Waals surface area contributed by atoms with E-state index in [4.69, 9.17) is 9.47 Å². The van der Waals surface area contributed by atoms with Crippen molar-refractivity contribution in [3.63, 3.8) is 0 Å². The monoisotopic (exact) mass is 346 g/mol. The van der Waals surface area contributed by atoms with Gasteiger partial charge in [0.25, 0.3) is 0 Å². The number of amides is 1. The van der Waals surface area contributed by atoms with Gasteiger partial charge in [-0.05, 0) is 31.1 Å². The molecule has 0 aromatic heterocycles. The molecule has 1 N–H and O–H groups in total. The van der Waals surface area contributed by atoms with Crippen LogP contribution in [-0.4, -0.2) is 56.8 Å². The molecule has 138 valence electrons. The number of rotatable bonds is 7. The van der Waals surface area contributed by atoms with E-state index in [2.05, 4.69) is 24.1 Å². The lowest BCUT2D eigenvalue weighted by Crippen LogP contribution is -2.51. The molecule has 1 aromatic carbocycles. The van der Waals surface area contributed by atoms with Crippen LogP contribution in [0.25, 0.3) is 6.08 Å². The van der Waals surface area contributed by atoms with Crippen LogP contribution in [0, 0.1) is 12.8 Å². The molecule has 1 unspecified atom stereocenters. The van der Waals surface area contributed by atoms with E-state index in [0.717, 1.165) is 43.2 Å². The van der Waals surface area contributed by atoms with Gasteiger partial charge in [0, 0.05) is 37.3 Å². The normalized spacial score (nSPS) is 17.0. The molecule has 0 saturated carbocycles. The number of methoxy groups -OCH3 is 1. The Labute approximate surface area is 151 Å². The highest BCUT2D eigenvalue weighted by Gasteiger charge is 2.23. The summed E-state index contributed by atoms with van der Waals surface area (Å²) in [6.45, 7) is 10.4. The molecule has 1 heterocycles. The van der Waals surface area contributed by atoms with Crippen LogP contribution in [0.4, 0.5) is 0 Å². The van der Waals surface area contributed by atoms with E-state index in [0.29, 0.717) is 18.5 Å². The fraction of sp³-hybridized carbons (Fsp3) is 0.550. The van der Waals surface area contributed by atoms with Crippen LogP contribution in [0.1, 0.15) is 25.0 Å². The molecule has 2 rings (SSSR count). The second kappa shape index (κ2) is 9.59. The smallest absolute Gasteiger partial charge is 0.244 e. The van der Waals surface area contributed by atoms with Gasteiger partial charge in [0.15, 0.2) is 0 Å². The summed E-state index contributed by atoms with van der Waals surface area (Å²) in [5.41, 5.74) is 2.04. The van der Waals surface area contributed by atoms with Crippen molar-refractivity contribution in [3.8, 4) is 5.75 Å². The van der Waals surface area contributed by atoms with Crippen molar-refractivity contribution < 1.29 is 14.3 Å². The zero-order chi connectivity index (χ0) is 18.2. The van der Waals surface area contributed by atoms with Crippen molar-refractivity contribution in [3.05, 3.63) is 35.4 Å². The number of carbonyl (C=O) groups excluding carboxylic acids is 1. The molecule has 5 nitrogen and oxygen atoms in total. The number of carbonyl (C=O) groups is 1. The maximum absolute atomic E-state index is 12.2. The number of benzene rings is 1. The maximum atomic E-state index is 12.2. The first-order valence-electron chi connectivity index (χ1n) is 8.93. The summed E-state index contributed by atoms with van der Waals surface area (Å²) < 4.78 is 10.8. The predicted molar refractivity (Wildman–Crippen MR) is 101 cm³/mol. The van der Waals surface area contributed by atoms with Gasteiger partial charge in [-0.15, -0.1) is 0 Å². The van der Waals surface area contributed by atoms with Crippen molar-refractivity contribution >= 4 is 12.0 Å². The molecule has 1 amide bonds. The van der Waals surface area contributed by atoms with Gasteiger partial charge < -0.3 is 14.8 Å². The molecule has 1 aliphatic heterocycles. The van der Waals surface area contributed by atoms with Crippen LogP contribution in [0.2, 0.25) is 0 Å². The lowest BCUT2D eigenvalue weighted by atomic mass is 10.0. The third kappa shape index (κ3) is 5.87. The molecule has 0 bridgehead atoms. The number of morpholine rings is 1. The Hall–Kier alpha value is -1.85. The summed E-state index contributed by atoms with van der Waals surface area (Å²) in [5.74, 6) is 1.16. The van der Waals surface area contributed by atoms with E-state index in [1.54, 1.807) is 19.3 Å². The minimum absolute atomic E-state index is 0.0810. The average Bonchev–Trinajstić information content (AvgIpc) is 2.61. The lowest BCUT2D eigenvalue weighted by Gasteiger charge is -2.36. The third-order valence-electron chi connectivity index (χ3n) is 4.57. The molecule has 1 aliphatic rings. The number of hydrogen-bond acceptors (Lipinski definition) is 4. The Balaban J connectivity index is 1.93. The summed E-state index contributed by atoms with van der Waals surface area (Å²) in [5, 5.41) is 3.03. The van der Waals surface area contributed by atoms with E-state index in [1.165, 1.54) is 0 Å². The van der Waals surface area contributed by atoms with E-state index in [1.807, 2.05) is 25.1 Å². The van der Waals surface area contributed by atoms with Crippen molar-refractivity contribution in [2.75, 3.05) is 40.0 Å². The van der Waals surface area contributed by atoms with Crippen molar-refractivity contribution in [1.82, 2.24) is 10.2 Å². The first-order chi connectivity index (χ1) is 12.0. The number of ether oxygens (including phenoxy) is 2. The molecule has 0 aliphatic carbocycles. The molecule has 0 radical (unpaired) electrons.